The minimum Gasteiger partial charge on any atom is -0.342 e. The maximum Gasteiger partial charge on any atom is 0.325 e. The molecule has 2 saturated heterocycles. The van der Waals surface area contributed by atoms with Gasteiger partial charge in [0.1, 0.15) is 0 Å². The molecule has 0 radical (unpaired) electrons. The minimum atomic E-state index is -0.477. The van der Waals surface area contributed by atoms with Gasteiger partial charge >= 0.3 is 5.69 Å². The number of rotatable bonds is 3. The van der Waals surface area contributed by atoms with E-state index >= 15 is 0 Å². The van der Waals surface area contributed by atoms with Crippen molar-refractivity contribution in [2.45, 2.75) is 50.5 Å². The molecule has 0 spiro atoms. The SMILES string of the molecule is O=C(C1CN(C2CCCCC2)C1)N1CCC(c2cc(=O)[nH]c(=O)[nH]2)C1. The van der Waals surface area contributed by atoms with Crippen molar-refractivity contribution in [1.82, 2.24) is 19.8 Å². The Morgan fingerprint density at radius 2 is 1.76 bits per heavy atom. The Balaban J connectivity index is 1.32. The van der Waals surface area contributed by atoms with Crippen LogP contribution in [0, 0.1) is 5.92 Å². The van der Waals surface area contributed by atoms with E-state index < -0.39 is 5.69 Å². The lowest BCUT2D eigenvalue weighted by Crippen LogP contribution is -2.57. The number of carbonyl (C=O) groups is 1. The molecule has 7 heteroatoms. The molecule has 25 heavy (non-hydrogen) atoms. The molecule has 136 valence electrons. The number of likely N-dealkylation sites (tertiary alicyclic amines) is 2. The smallest absolute Gasteiger partial charge is 0.325 e. The summed E-state index contributed by atoms with van der Waals surface area (Å²) >= 11 is 0. The van der Waals surface area contributed by atoms with Gasteiger partial charge in [0.05, 0.1) is 5.92 Å². The third-order valence-corrected chi connectivity index (χ3v) is 6.07. The van der Waals surface area contributed by atoms with Gasteiger partial charge in [-0.3, -0.25) is 19.5 Å². The van der Waals surface area contributed by atoms with Gasteiger partial charge in [-0.05, 0) is 19.3 Å². The Hall–Kier alpha value is -1.89. The largest absolute Gasteiger partial charge is 0.342 e. The van der Waals surface area contributed by atoms with Gasteiger partial charge in [0.15, 0.2) is 0 Å². The number of carbonyl (C=O) groups excluding carboxylic acids is 1. The summed E-state index contributed by atoms with van der Waals surface area (Å²) in [6.45, 7) is 3.09. The van der Waals surface area contributed by atoms with E-state index in [0.717, 1.165) is 19.5 Å². The summed E-state index contributed by atoms with van der Waals surface area (Å²) in [5.41, 5.74) is -0.221. The van der Waals surface area contributed by atoms with Gasteiger partial charge in [0.2, 0.25) is 5.91 Å². The minimum absolute atomic E-state index is 0.0495. The molecule has 1 amide bonds. The molecule has 1 saturated carbocycles. The third kappa shape index (κ3) is 3.42. The van der Waals surface area contributed by atoms with Crippen molar-refractivity contribution in [3.05, 3.63) is 32.6 Å². The number of H-pyrrole nitrogens is 2. The molecule has 1 aromatic heterocycles. The quantitative estimate of drug-likeness (QED) is 0.841. The van der Waals surface area contributed by atoms with Crippen LogP contribution in [0.25, 0.3) is 0 Å². The first kappa shape index (κ1) is 16.6. The van der Waals surface area contributed by atoms with E-state index in [-0.39, 0.29) is 23.3 Å². The number of amides is 1. The lowest BCUT2D eigenvalue weighted by Gasteiger charge is -2.45. The Bertz CT molecular complexity index is 715. The number of nitrogens with one attached hydrogen (secondary N) is 2. The highest BCUT2D eigenvalue weighted by Gasteiger charge is 2.40. The highest BCUT2D eigenvalue weighted by molar-refractivity contribution is 5.80. The molecule has 7 nitrogen and oxygen atoms in total. The van der Waals surface area contributed by atoms with Crippen molar-refractivity contribution in [3.63, 3.8) is 0 Å². The number of nitrogens with zero attached hydrogens (tertiary/aromatic N) is 2. The molecule has 0 aromatic carbocycles. The number of aromatic nitrogens is 2. The fraction of sp³-hybridized carbons (Fsp3) is 0.722. The van der Waals surface area contributed by atoms with Gasteiger partial charge in [-0.15, -0.1) is 0 Å². The molecule has 2 N–H and O–H groups in total. The van der Waals surface area contributed by atoms with Gasteiger partial charge in [-0.1, -0.05) is 19.3 Å². The van der Waals surface area contributed by atoms with E-state index in [2.05, 4.69) is 14.9 Å². The predicted molar refractivity (Wildman–Crippen MR) is 93.6 cm³/mol. The van der Waals surface area contributed by atoms with E-state index in [1.54, 1.807) is 0 Å². The van der Waals surface area contributed by atoms with Gasteiger partial charge in [-0.2, -0.15) is 0 Å². The molecule has 3 fully saturated rings. The van der Waals surface area contributed by atoms with Crippen molar-refractivity contribution in [2.24, 2.45) is 5.92 Å². The normalized spacial score (nSPS) is 25.9. The second kappa shape index (κ2) is 6.78. The first-order valence-corrected chi connectivity index (χ1v) is 9.46. The van der Waals surface area contributed by atoms with Crippen LogP contribution in [0.3, 0.4) is 0 Å². The van der Waals surface area contributed by atoms with Crippen LogP contribution in [0.4, 0.5) is 0 Å². The molecular formula is C18H26N4O3. The zero-order chi connectivity index (χ0) is 17.4. The molecule has 3 aliphatic rings. The fourth-order valence-corrected chi connectivity index (χ4v) is 4.59. The number of hydrogen-bond acceptors (Lipinski definition) is 4. The second-order valence-corrected chi connectivity index (χ2v) is 7.76. The van der Waals surface area contributed by atoms with Crippen LogP contribution in [0.5, 0.6) is 0 Å². The summed E-state index contributed by atoms with van der Waals surface area (Å²) in [7, 11) is 0. The van der Waals surface area contributed by atoms with Crippen molar-refractivity contribution in [2.75, 3.05) is 26.2 Å². The van der Waals surface area contributed by atoms with E-state index in [0.29, 0.717) is 24.8 Å². The Labute approximate surface area is 146 Å². The van der Waals surface area contributed by atoms with E-state index in [9.17, 15) is 14.4 Å². The average Bonchev–Trinajstić information content (AvgIpc) is 3.03. The topological polar surface area (TPSA) is 89.3 Å². The molecule has 1 atom stereocenters. The van der Waals surface area contributed by atoms with Gasteiger partial charge in [0.25, 0.3) is 5.56 Å². The summed E-state index contributed by atoms with van der Waals surface area (Å²) in [5.74, 6) is 0.411. The van der Waals surface area contributed by atoms with Crippen LogP contribution in [0.1, 0.15) is 50.1 Å². The van der Waals surface area contributed by atoms with Crippen molar-refractivity contribution >= 4 is 5.91 Å². The summed E-state index contributed by atoms with van der Waals surface area (Å²) in [6.07, 6.45) is 7.35. The highest BCUT2D eigenvalue weighted by atomic mass is 16.2. The van der Waals surface area contributed by atoms with Crippen molar-refractivity contribution < 1.29 is 4.79 Å². The maximum absolute atomic E-state index is 12.7. The summed E-state index contributed by atoms with van der Waals surface area (Å²) in [6, 6.07) is 2.12. The standard InChI is InChI=1S/C18H26N4O3/c23-16-8-15(19-18(25)20-16)12-6-7-21(9-12)17(24)13-10-22(11-13)14-4-2-1-3-5-14/h8,12-14H,1-7,9-11H2,(H2,19,20,23,25). The molecule has 1 aliphatic carbocycles. The lowest BCUT2D eigenvalue weighted by atomic mass is 9.88. The molecule has 3 heterocycles. The first-order valence-electron chi connectivity index (χ1n) is 9.46. The third-order valence-electron chi connectivity index (χ3n) is 6.07. The Morgan fingerprint density at radius 1 is 1.00 bits per heavy atom. The summed E-state index contributed by atoms with van der Waals surface area (Å²) < 4.78 is 0. The molecule has 4 rings (SSSR count). The first-order chi connectivity index (χ1) is 12.1. The molecule has 1 aromatic rings. The monoisotopic (exact) mass is 346 g/mol. The van der Waals surface area contributed by atoms with E-state index in [1.807, 2.05) is 4.90 Å². The summed E-state index contributed by atoms with van der Waals surface area (Å²) in [4.78, 5) is 44.9. The van der Waals surface area contributed by atoms with Crippen LogP contribution in [-0.2, 0) is 4.79 Å². The van der Waals surface area contributed by atoms with Crippen LogP contribution >= 0.6 is 0 Å². The van der Waals surface area contributed by atoms with Crippen molar-refractivity contribution in [3.8, 4) is 0 Å². The zero-order valence-electron chi connectivity index (χ0n) is 14.5. The number of hydrogen-bond donors (Lipinski definition) is 2. The van der Waals surface area contributed by atoms with Gasteiger partial charge < -0.3 is 9.88 Å². The van der Waals surface area contributed by atoms with E-state index in [4.69, 9.17) is 0 Å². The van der Waals surface area contributed by atoms with Crippen molar-refractivity contribution in [1.29, 1.82) is 0 Å². The van der Waals surface area contributed by atoms with Crippen LogP contribution in [0.2, 0.25) is 0 Å². The average molecular weight is 346 g/mol. The Kier molecular flexibility index (Phi) is 4.50. The second-order valence-electron chi connectivity index (χ2n) is 7.76. The Morgan fingerprint density at radius 3 is 2.48 bits per heavy atom. The van der Waals surface area contributed by atoms with Gasteiger partial charge in [0, 0.05) is 49.9 Å². The zero-order valence-corrected chi connectivity index (χ0v) is 14.5. The lowest BCUT2D eigenvalue weighted by molar-refractivity contribution is -0.141. The predicted octanol–water partition coefficient (Wildman–Crippen LogP) is 0.644. The molecule has 0 bridgehead atoms. The molecule has 2 aliphatic heterocycles. The van der Waals surface area contributed by atoms with Crippen LogP contribution in [-0.4, -0.2) is 57.9 Å². The number of aromatic amines is 2. The van der Waals surface area contributed by atoms with E-state index in [1.165, 1.54) is 38.2 Å². The van der Waals surface area contributed by atoms with Crippen LogP contribution < -0.4 is 11.2 Å². The fourth-order valence-electron chi connectivity index (χ4n) is 4.59. The maximum atomic E-state index is 12.7. The van der Waals surface area contributed by atoms with Crippen LogP contribution in [0.15, 0.2) is 15.7 Å². The summed E-state index contributed by atoms with van der Waals surface area (Å²) in [5, 5.41) is 0. The van der Waals surface area contributed by atoms with Gasteiger partial charge in [-0.25, -0.2) is 4.79 Å². The highest BCUT2D eigenvalue weighted by Crippen LogP contribution is 2.31. The molecule has 1 unspecified atom stereocenters. The molecular weight excluding hydrogens is 320 g/mol.